The summed E-state index contributed by atoms with van der Waals surface area (Å²) >= 11 is 2.44. The minimum atomic E-state index is -0.909. The number of anilines is 2. The highest BCUT2D eigenvalue weighted by atomic mass is 32.2. The van der Waals surface area contributed by atoms with Crippen molar-refractivity contribution in [3.8, 4) is 0 Å². The number of Topliss-reactive ketones (excluding diaryl/α,β-unsaturated/α-hetero) is 1. The van der Waals surface area contributed by atoms with Crippen LogP contribution in [0.4, 0.5) is 15.2 Å². The molecule has 1 amide bonds. The van der Waals surface area contributed by atoms with Gasteiger partial charge >= 0.3 is 5.91 Å². The summed E-state index contributed by atoms with van der Waals surface area (Å²) in [6, 6.07) is 18.6. The lowest BCUT2D eigenvalue weighted by Crippen LogP contribution is -2.29. The molecular weight excluding hydrogens is 547 g/mol. The Morgan fingerprint density at radius 3 is 2.48 bits per heavy atom. The number of hydrogen-bond acceptors (Lipinski definition) is 8. The maximum Gasteiger partial charge on any atom is 0.301 e. The zero-order valence-corrected chi connectivity index (χ0v) is 24.0. The van der Waals surface area contributed by atoms with Crippen LogP contribution in [0.15, 0.2) is 76.6 Å². The van der Waals surface area contributed by atoms with Crippen LogP contribution in [-0.2, 0) is 15.3 Å². The van der Waals surface area contributed by atoms with E-state index in [1.165, 1.54) is 22.7 Å². The summed E-state index contributed by atoms with van der Waals surface area (Å²) in [4.78, 5) is 30.3. The van der Waals surface area contributed by atoms with Crippen molar-refractivity contribution in [1.29, 1.82) is 0 Å². The SMILES string of the molecule is Cc1ccc(C)c(C(O)=C2C(=O)C(=O)N(c3nnc(SCc4ccccc4F)s3)C2c2ccc(N(C)C)cc2)c1. The number of aliphatic hydroxyl groups excluding tert-OH is 1. The third kappa shape index (κ3) is 5.24. The fraction of sp³-hybridized carbons (Fsp3) is 0.200. The summed E-state index contributed by atoms with van der Waals surface area (Å²) in [6.45, 7) is 3.74. The Morgan fingerprint density at radius 2 is 1.77 bits per heavy atom. The molecule has 0 saturated carbocycles. The number of carbonyl (C=O) groups is 2. The minimum absolute atomic E-state index is 0.00735. The summed E-state index contributed by atoms with van der Waals surface area (Å²) < 4.78 is 14.6. The molecule has 3 aromatic carbocycles. The van der Waals surface area contributed by atoms with E-state index in [-0.39, 0.29) is 22.3 Å². The second kappa shape index (κ2) is 11.2. The van der Waals surface area contributed by atoms with E-state index >= 15 is 0 Å². The van der Waals surface area contributed by atoms with E-state index in [1.54, 1.807) is 24.3 Å². The molecule has 10 heteroatoms. The van der Waals surface area contributed by atoms with Crippen molar-refractivity contribution in [3.05, 3.63) is 106 Å². The molecule has 1 N–H and O–H groups in total. The molecule has 204 valence electrons. The van der Waals surface area contributed by atoms with Gasteiger partial charge in [-0.05, 0) is 54.8 Å². The van der Waals surface area contributed by atoms with Crippen molar-refractivity contribution >= 4 is 51.4 Å². The first kappa shape index (κ1) is 27.5. The first-order valence-electron chi connectivity index (χ1n) is 12.5. The number of carbonyl (C=O) groups excluding carboxylic acids is 2. The van der Waals surface area contributed by atoms with Crippen LogP contribution in [0.25, 0.3) is 5.76 Å². The summed E-state index contributed by atoms with van der Waals surface area (Å²) in [7, 11) is 3.84. The third-order valence-corrected chi connectivity index (χ3v) is 8.83. The van der Waals surface area contributed by atoms with Crippen molar-refractivity contribution in [2.45, 2.75) is 30.0 Å². The number of rotatable bonds is 7. The highest BCUT2D eigenvalue weighted by Gasteiger charge is 2.48. The van der Waals surface area contributed by atoms with Crippen LogP contribution >= 0.6 is 23.1 Å². The zero-order chi connectivity index (χ0) is 28.6. The number of amides is 1. The van der Waals surface area contributed by atoms with Crippen molar-refractivity contribution in [2.24, 2.45) is 0 Å². The van der Waals surface area contributed by atoms with Gasteiger partial charge in [0.15, 0.2) is 4.34 Å². The van der Waals surface area contributed by atoms with E-state index in [2.05, 4.69) is 10.2 Å². The number of aryl methyl sites for hydroxylation is 2. The molecule has 1 aromatic heterocycles. The van der Waals surface area contributed by atoms with Gasteiger partial charge in [0.05, 0.1) is 11.6 Å². The van der Waals surface area contributed by atoms with Crippen LogP contribution in [0.2, 0.25) is 0 Å². The first-order chi connectivity index (χ1) is 19.2. The maximum atomic E-state index is 14.1. The van der Waals surface area contributed by atoms with Crippen LogP contribution in [0, 0.1) is 19.7 Å². The highest BCUT2D eigenvalue weighted by molar-refractivity contribution is 8.00. The lowest BCUT2D eigenvalue weighted by atomic mass is 9.93. The Labute approximate surface area is 240 Å². The van der Waals surface area contributed by atoms with E-state index in [9.17, 15) is 19.1 Å². The fourth-order valence-electron chi connectivity index (χ4n) is 4.55. The Kier molecular flexibility index (Phi) is 7.73. The standard InChI is InChI=1S/C30H27FN4O3S2/c1-17-9-10-18(2)22(15-17)26(36)24-25(19-11-13-21(14-12-19)34(3)4)35(28(38)27(24)37)29-32-33-30(40-29)39-16-20-7-5-6-8-23(20)31/h5-15,25,36H,16H2,1-4H3. The van der Waals surface area contributed by atoms with Gasteiger partial charge in [0.2, 0.25) is 5.13 Å². The monoisotopic (exact) mass is 574 g/mol. The summed E-state index contributed by atoms with van der Waals surface area (Å²) in [5, 5.41) is 20.2. The van der Waals surface area contributed by atoms with E-state index in [1.807, 2.05) is 69.2 Å². The van der Waals surface area contributed by atoms with E-state index in [4.69, 9.17) is 0 Å². The first-order valence-corrected chi connectivity index (χ1v) is 14.3. The molecule has 0 aliphatic carbocycles. The summed E-state index contributed by atoms with van der Waals surface area (Å²) in [6.07, 6.45) is 0. The summed E-state index contributed by atoms with van der Waals surface area (Å²) in [5.41, 5.74) is 4.29. The van der Waals surface area contributed by atoms with Gasteiger partial charge in [-0.2, -0.15) is 0 Å². The van der Waals surface area contributed by atoms with Gasteiger partial charge in [0.25, 0.3) is 5.78 Å². The molecule has 2 heterocycles. The molecule has 4 aromatic rings. The quantitative estimate of drug-likeness (QED) is 0.0914. The van der Waals surface area contributed by atoms with Gasteiger partial charge in [-0.3, -0.25) is 14.5 Å². The second-order valence-electron chi connectivity index (χ2n) is 9.70. The number of thioether (sulfide) groups is 1. The van der Waals surface area contributed by atoms with E-state index in [0.29, 0.717) is 26.8 Å². The normalized spacial score (nSPS) is 16.5. The Morgan fingerprint density at radius 1 is 1.05 bits per heavy atom. The van der Waals surface area contributed by atoms with Gasteiger partial charge in [-0.25, -0.2) is 4.39 Å². The lowest BCUT2D eigenvalue weighted by molar-refractivity contribution is -0.132. The van der Waals surface area contributed by atoms with Crippen molar-refractivity contribution < 1.29 is 19.1 Å². The molecule has 1 saturated heterocycles. The average Bonchev–Trinajstić information content (AvgIpc) is 3.51. The molecule has 0 bridgehead atoms. The minimum Gasteiger partial charge on any atom is -0.507 e. The smallest absolute Gasteiger partial charge is 0.301 e. The van der Waals surface area contributed by atoms with Gasteiger partial charge < -0.3 is 10.0 Å². The average molecular weight is 575 g/mol. The van der Waals surface area contributed by atoms with Crippen molar-refractivity contribution in [2.75, 3.05) is 23.9 Å². The van der Waals surface area contributed by atoms with Gasteiger partial charge in [0, 0.05) is 31.1 Å². The van der Waals surface area contributed by atoms with Crippen LogP contribution < -0.4 is 9.80 Å². The number of halogens is 1. The van der Waals surface area contributed by atoms with Crippen molar-refractivity contribution in [3.63, 3.8) is 0 Å². The van der Waals surface area contributed by atoms with E-state index < -0.39 is 17.7 Å². The molecule has 1 aliphatic heterocycles. The molecule has 40 heavy (non-hydrogen) atoms. The van der Waals surface area contributed by atoms with Crippen LogP contribution in [0.5, 0.6) is 0 Å². The largest absolute Gasteiger partial charge is 0.507 e. The molecule has 5 rings (SSSR count). The molecule has 7 nitrogen and oxygen atoms in total. The zero-order valence-electron chi connectivity index (χ0n) is 22.4. The predicted octanol–water partition coefficient (Wildman–Crippen LogP) is 6.28. The number of benzene rings is 3. The van der Waals surface area contributed by atoms with Gasteiger partial charge in [0.1, 0.15) is 11.6 Å². The van der Waals surface area contributed by atoms with Crippen LogP contribution in [0.1, 0.15) is 33.9 Å². The van der Waals surface area contributed by atoms with Crippen LogP contribution in [0.3, 0.4) is 0 Å². The van der Waals surface area contributed by atoms with Crippen LogP contribution in [-0.4, -0.2) is 41.1 Å². The van der Waals surface area contributed by atoms with Crippen molar-refractivity contribution in [1.82, 2.24) is 10.2 Å². The molecule has 1 fully saturated rings. The number of nitrogens with zero attached hydrogens (tertiary/aromatic N) is 4. The molecule has 1 aliphatic rings. The van der Waals surface area contributed by atoms with Gasteiger partial charge in [-0.1, -0.05) is 71.1 Å². The van der Waals surface area contributed by atoms with Gasteiger partial charge in [-0.15, -0.1) is 10.2 Å². The Bertz CT molecular complexity index is 1630. The molecule has 1 unspecified atom stereocenters. The van der Waals surface area contributed by atoms with E-state index in [0.717, 1.165) is 28.2 Å². The third-order valence-electron chi connectivity index (χ3n) is 6.73. The number of ketones is 1. The molecule has 1 atom stereocenters. The maximum absolute atomic E-state index is 14.1. The molecular formula is C30H27FN4O3S2. The topological polar surface area (TPSA) is 86.6 Å². The summed E-state index contributed by atoms with van der Waals surface area (Å²) in [5.74, 6) is -1.80. The molecule has 0 radical (unpaired) electrons. The Balaban J connectivity index is 1.58. The predicted molar refractivity (Wildman–Crippen MR) is 157 cm³/mol. The number of aromatic nitrogens is 2. The number of hydrogen-bond donors (Lipinski definition) is 1. The lowest BCUT2D eigenvalue weighted by Gasteiger charge is -2.23. The highest BCUT2D eigenvalue weighted by Crippen LogP contribution is 2.44. The Hall–Kier alpha value is -4.02. The second-order valence-corrected chi connectivity index (χ2v) is 11.9. The fourth-order valence-corrected chi connectivity index (χ4v) is 6.40. The molecule has 0 spiro atoms. The number of aliphatic hydroxyl groups is 1.